The van der Waals surface area contributed by atoms with Gasteiger partial charge in [-0.3, -0.25) is 4.90 Å². The molecule has 1 heterocycles. The largest absolute Gasteiger partial charge is 0.481 e. The molecule has 4 nitrogen and oxygen atoms in total. The van der Waals surface area contributed by atoms with Crippen molar-refractivity contribution in [3.63, 3.8) is 0 Å². The van der Waals surface area contributed by atoms with Gasteiger partial charge in [0.25, 0.3) is 0 Å². The molecule has 0 aliphatic rings. The molecule has 1 N–H and O–H groups in total. The summed E-state index contributed by atoms with van der Waals surface area (Å²) in [5.41, 5.74) is 0.942. The molecule has 1 unspecified atom stereocenters. The van der Waals surface area contributed by atoms with E-state index in [1.807, 2.05) is 30.1 Å². The zero-order valence-corrected chi connectivity index (χ0v) is 9.47. The molecule has 1 aromatic heterocycles. The van der Waals surface area contributed by atoms with Gasteiger partial charge in [-0.05, 0) is 20.0 Å². The van der Waals surface area contributed by atoms with Crippen LogP contribution in [0.5, 0.6) is 5.88 Å². The van der Waals surface area contributed by atoms with Crippen LogP contribution in [0.3, 0.4) is 0 Å². The van der Waals surface area contributed by atoms with Crippen LogP contribution >= 0.6 is 0 Å². The minimum Gasteiger partial charge on any atom is -0.481 e. The summed E-state index contributed by atoms with van der Waals surface area (Å²) in [6.45, 7) is 3.12. The molecule has 0 aliphatic heterocycles. The standard InChI is InChI=1S/C11H18N2O2/c1-9(14)7-13(2)8-10-5-4-6-11(12-10)15-3/h4-6,9,14H,7-8H2,1-3H3. The van der Waals surface area contributed by atoms with Gasteiger partial charge in [0.1, 0.15) is 0 Å². The van der Waals surface area contributed by atoms with Gasteiger partial charge in [0.05, 0.1) is 18.9 Å². The van der Waals surface area contributed by atoms with Crippen molar-refractivity contribution in [1.29, 1.82) is 0 Å². The van der Waals surface area contributed by atoms with Gasteiger partial charge in [0.15, 0.2) is 0 Å². The van der Waals surface area contributed by atoms with E-state index < -0.39 is 0 Å². The highest BCUT2D eigenvalue weighted by Gasteiger charge is 2.05. The normalized spacial score (nSPS) is 12.9. The Labute approximate surface area is 90.5 Å². The molecule has 15 heavy (non-hydrogen) atoms. The second kappa shape index (κ2) is 5.68. The molecule has 1 atom stereocenters. The number of hydrogen-bond donors (Lipinski definition) is 1. The van der Waals surface area contributed by atoms with Gasteiger partial charge in [0.2, 0.25) is 5.88 Å². The van der Waals surface area contributed by atoms with Gasteiger partial charge in [-0.2, -0.15) is 0 Å². The van der Waals surface area contributed by atoms with Crippen molar-refractivity contribution in [2.24, 2.45) is 0 Å². The number of ether oxygens (including phenoxy) is 1. The van der Waals surface area contributed by atoms with E-state index in [1.165, 1.54) is 0 Å². The molecule has 0 saturated carbocycles. The minimum atomic E-state index is -0.319. The Bertz CT molecular complexity index is 302. The number of rotatable bonds is 5. The van der Waals surface area contributed by atoms with Crippen molar-refractivity contribution in [2.75, 3.05) is 20.7 Å². The molecule has 1 rings (SSSR count). The molecule has 0 radical (unpaired) electrons. The number of aliphatic hydroxyl groups is 1. The average molecular weight is 210 g/mol. The van der Waals surface area contributed by atoms with E-state index >= 15 is 0 Å². The quantitative estimate of drug-likeness (QED) is 0.784. The van der Waals surface area contributed by atoms with E-state index in [0.29, 0.717) is 19.0 Å². The van der Waals surface area contributed by atoms with Crippen molar-refractivity contribution in [3.05, 3.63) is 23.9 Å². The Balaban J connectivity index is 2.55. The SMILES string of the molecule is COc1cccc(CN(C)CC(C)O)n1. The summed E-state index contributed by atoms with van der Waals surface area (Å²) in [6, 6.07) is 5.68. The van der Waals surface area contributed by atoms with E-state index in [2.05, 4.69) is 4.98 Å². The lowest BCUT2D eigenvalue weighted by Gasteiger charge is -2.17. The van der Waals surface area contributed by atoms with Crippen molar-refractivity contribution < 1.29 is 9.84 Å². The molecule has 0 aliphatic carbocycles. The molecule has 0 aromatic carbocycles. The van der Waals surface area contributed by atoms with Crippen LogP contribution in [0.2, 0.25) is 0 Å². The number of pyridine rings is 1. The van der Waals surface area contributed by atoms with E-state index in [9.17, 15) is 5.11 Å². The number of aromatic nitrogens is 1. The van der Waals surface area contributed by atoms with Crippen LogP contribution in [0.4, 0.5) is 0 Å². The second-order valence-corrected chi connectivity index (χ2v) is 3.72. The van der Waals surface area contributed by atoms with Crippen LogP contribution < -0.4 is 4.74 Å². The Hall–Kier alpha value is -1.13. The third-order valence-electron chi connectivity index (χ3n) is 2.00. The zero-order valence-electron chi connectivity index (χ0n) is 9.47. The lowest BCUT2D eigenvalue weighted by Crippen LogP contribution is -2.27. The van der Waals surface area contributed by atoms with E-state index in [0.717, 1.165) is 5.69 Å². The number of hydrogen-bond acceptors (Lipinski definition) is 4. The third kappa shape index (κ3) is 4.27. The van der Waals surface area contributed by atoms with Crippen molar-refractivity contribution in [2.45, 2.75) is 19.6 Å². The lowest BCUT2D eigenvalue weighted by molar-refractivity contribution is 0.137. The molecule has 0 saturated heterocycles. The summed E-state index contributed by atoms with van der Waals surface area (Å²) in [6.07, 6.45) is -0.319. The van der Waals surface area contributed by atoms with Crippen molar-refractivity contribution in [3.8, 4) is 5.88 Å². The molecule has 0 bridgehead atoms. The topological polar surface area (TPSA) is 45.6 Å². The fourth-order valence-corrected chi connectivity index (χ4v) is 1.45. The number of methoxy groups -OCH3 is 1. The fourth-order valence-electron chi connectivity index (χ4n) is 1.45. The maximum Gasteiger partial charge on any atom is 0.213 e. The van der Waals surface area contributed by atoms with Crippen molar-refractivity contribution >= 4 is 0 Å². The molecule has 1 aromatic rings. The first-order valence-electron chi connectivity index (χ1n) is 4.98. The number of nitrogens with zero attached hydrogens (tertiary/aromatic N) is 2. The number of likely N-dealkylation sites (N-methyl/N-ethyl adjacent to an activating group) is 1. The van der Waals surface area contributed by atoms with Gasteiger partial charge >= 0.3 is 0 Å². The van der Waals surface area contributed by atoms with Crippen LogP contribution in [-0.4, -0.2) is 41.8 Å². The van der Waals surface area contributed by atoms with Gasteiger partial charge in [-0.25, -0.2) is 4.98 Å². The Morgan fingerprint density at radius 1 is 1.53 bits per heavy atom. The van der Waals surface area contributed by atoms with Crippen LogP contribution in [0.25, 0.3) is 0 Å². The Kier molecular flexibility index (Phi) is 4.52. The summed E-state index contributed by atoms with van der Waals surface area (Å²) in [4.78, 5) is 6.31. The van der Waals surface area contributed by atoms with E-state index in [4.69, 9.17) is 4.74 Å². The Morgan fingerprint density at radius 2 is 2.27 bits per heavy atom. The maximum atomic E-state index is 9.21. The monoisotopic (exact) mass is 210 g/mol. The lowest BCUT2D eigenvalue weighted by atomic mass is 10.3. The van der Waals surface area contributed by atoms with Gasteiger partial charge < -0.3 is 9.84 Å². The second-order valence-electron chi connectivity index (χ2n) is 3.72. The minimum absolute atomic E-state index is 0.319. The average Bonchev–Trinajstić information content (AvgIpc) is 2.16. The van der Waals surface area contributed by atoms with Crippen molar-refractivity contribution in [1.82, 2.24) is 9.88 Å². The number of aliphatic hydroxyl groups excluding tert-OH is 1. The summed E-state index contributed by atoms with van der Waals surface area (Å²) in [7, 11) is 3.56. The van der Waals surface area contributed by atoms with Crippen LogP contribution in [0, 0.1) is 0 Å². The maximum absolute atomic E-state index is 9.21. The first kappa shape index (κ1) is 11.9. The molecule has 84 valence electrons. The van der Waals surface area contributed by atoms with Crippen LogP contribution in [-0.2, 0) is 6.54 Å². The van der Waals surface area contributed by atoms with Crippen LogP contribution in [0.15, 0.2) is 18.2 Å². The Morgan fingerprint density at radius 3 is 2.87 bits per heavy atom. The molecule has 0 fully saturated rings. The summed E-state index contributed by atoms with van der Waals surface area (Å²) in [5.74, 6) is 0.623. The highest BCUT2D eigenvalue weighted by Crippen LogP contribution is 2.08. The van der Waals surface area contributed by atoms with Gasteiger partial charge in [0, 0.05) is 19.2 Å². The molecule has 4 heteroatoms. The molecular formula is C11H18N2O2. The smallest absolute Gasteiger partial charge is 0.213 e. The first-order chi connectivity index (χ1) is 7.11. The van der Waals surface area contributed by atoms with Crippen LogP contribution in [0.1, 0.15) is 12.6 Å². The predicted octanol–water partition coefficient (Wildman–Crippen LogP) is 0.903. The summed E-state index contributed by atoms with van der Waals surface area (Å²) < 4.78 is 5.04. The van der Waals surface area contributed by atoms with E-state index in [-0.39, 0.29) is 6.10 Å². The third-order valence-corrected chi connectivity index (χ3v) is 2.00. The van der Waals surface area contributed by atoms with Gasteiger partial charge in [-0.15, -0.1) is 0 Å². The highest BCUT2D eigenvalue weighted by atomic mass is 16.5. The summed E-state index contributed by atoms with van der Waals surface area (Å²) in [5, 5.41) is 9.21. The molecule has 0 spiro atoms. The van der Waals surface area contributed by atoms with E-state index in [1.54, 1.807) is 14.0 Å². The van der Waals surface area contributed by atoms with Gasteiger partial charge in [-0.1, -0.05) is 6.07 Å². The highest BCUT2D eigenvalue weighted by molar-refractivity contribution is 5.15. The molecular weight excluding hydrogens is 192 g/mol. The first-order valence-corrected chi connectivity index (χ1v) is 4.98. The fraction of sp³-hybridized carbons (Fsp3) is 0.545. The zero-order chi connectivity index (χ0) is 11.3. The summed E-state index contributed by atoms with van der Waals surface area (Å²) >= 11 is 0. The predicted molar refractivity (Wildman–Crippen MR) is 58.8 cm³/mol. The molecule has 0 amide bonds.